The van der Waals surface area contributed by atoms with Gasteiger partial charge in [-0.1, -0.05) is 18.7 Å². The standard InChI is InChI=1S/C9H12NS/c1-2-8-3-4-9-10(7-8)5-6-11-9/h3-4,7H,2,5-6H2,1H3/q+1. The lowest BCUT2D eigenvalue weighted by molar-refractivity contribution is -0.723. The summed E-state index contributed by atoms with van der Waals surface area (Å²) in [5.41, 5.74) is 1.44. The van der Waals surface area contributed by atoms with Gasteiger partial charge in [-0.05, 0) is 12.5 Å². The molecule has 0 aromatic carbocycles. The summed E-state index contributed by atoms with van der Waals surface area (Å²) >= 11 is 1.95. The van der Waals surface area contributed by atoms with E-state index in [4.69, 9.17) is 0 Å². The minimum atomic E-state index is 1.14. The van der Waals surface area contributed by atoms with Crippen molar-refractivity contribution >= 4 is 11.8 Å². The molecule has 1 aromatic heterocycles. The van der Waals surface area contributed by atoms with Crippen LogP contribution in [0.3, 0.4) is 0 Å². The van der Waals surface area contributed by atoms with Gasteiger partial charge in [0.25, 0.3) is 0 Å². The fourth-order valence-electron chi connectivity index (χ4n) is 1.34. The predicted octanol–water partition coefficient (Wildman–Crippen LogP) is 1.64. The van der Waals surface area contributed by atoms with E-state index >= 15 is 0 Å². The van der Waals surface area contributed by atoms with Crippen molar-refractivity contribution in [3.63, 3.8) is 0 Å². The van der Waals surface area contributed by atoms with E-state index in [0.717, 1.165) is 6.42 Å². The van der Waals surface area contributed by atoms with Gasteiger partial charge >= 0.3 is 0 Å². The Morgan fingerprint density at radius 2 is 2.45 bits per heavy atom. The van der Waals surface area contributed by atoms with Crippen LogP contribution >= 0.6 is 11.8 Å². The van der Waals surface area contributed by atoms with Gasteiger partial charge in [-0.2, -0.15) is 4.57 Å². The Morgan fingerprint density at radius 3 is 3.27 bits per heavy atom. The molecular formula is C9H12NS+. The van der Waals surface area contributed by atoms with Gasteiger partial charge in [-0.15, -0.1) is 0 Å². The zero-order chi connectivity index (χ0) is 7.68. The van der Waals surface area contributed by atoms with Crippen LogP contribution in [0.2, 0.25) is 0 Å². The van der Waals surface area contributed by atoms with Gasteiger partial charge in [-0.3, -0.25) is 0 Å². The van der Waals surface area contributed by atoms with Crippen LogP contribution in [-0.2, 0) is 13.0 Å². The molecule has 2 rings (SSSR count). The zero-order valence-electron chi connectivity index (χ0n) is 6.71. The third kappa shape index (κ3) is 1.27. The van der Waals surface area contributed by atoms with Gasteiger partial charge < -0.3 is 0 Å². The van der Waals surface area contributed by atoms with Crippen molar-refractivity contribution in [1.82, 2.24) is 0 Å². The van der Waals surface area contributed by atoms with Crippen LogP contribution in [0.15, 0.2) is 23.4 Å². The van der Waals surface area contributed by atoms with Crippen LogP contribution < -0.4 is 4.57 Å². The molecule has 1 aliphatic heterocycles. The topological polar surface area (TPSA) is 3.88 Å². The molecule has 2 heterocycles. The van der Waals surface area contributed by atoms with E-state index in [9.17, 15) is 0 Å². The lowest BCUT2D eigenvalue weighted by Crippen LogP contribution is -2.32. The molecular weight excluding hydrogens is 154 g/mol. The minimum Gasteiger partial charge on any atom is -0.192 e. The molecule has 11 heavy (non-hydrogen) atoms. The fraction of sp³-hybridized carbons (Fsp3) is 0.444. The number of thioether (sulfide) groups is 1. The van der Waals surface area contributed by atoms with Crippen LogP contribution in [0, 0.1) is 0 Å². The van der Waals surface area contributed by atoms with Crippen molar-refractivity contribution in [1.29, 1.82) is 0 Å². The van der Waals surface area contributed by atoms with Crippen LogP contribution in [-0.4, -0.2) is 5.75 Å². The maximum atomic E-state index is 2.35. The Bertz CT molecular complexity index is 270. The van der Waals surface area contributed by atoms with Crippen LogP contribution in [0.1, 0.15) is 12.5 Å². The van der Waals surface area contributed by atoms with E-state index in [1.807, 2.05) is 11.8 Å². The first-order chi connectivity index (χ1) is 5.40. The van der Waals surface area contributed by atoms with Gasteiger partial charge in [-0.25, -0.2) is 0 Å². The summed E-state index contributed by atoms with van der Waals surface area (Å²) in [6.45, 7) is 3.39. The number of nitrogens with zero attached hydrogens (tertiary/aromatic N) is 1. The van der Waals surface area contributed by atoms with Crippen molar-refractivity contribution in [2.75, 3.05) is 5.75 Å². The molecule has 0 saturated heterocycles. The number of fused-ring (bicyclic) bond motifs is 1. The fourth-order valence-corrected chi connectivity index (χ4v) is 2.32. The molecule has 0 saturated carbocycles. The Kier molecular flexibility index (Phi) is 1.86. The number of rotatable bonds is 1. The monoisotopic (exact) mass is 166 g/mol. The summed E-state index contributed by atoms with van der Waals surface area (Å²) in [4.78, 5) is 0. The van der Waals surface area contributed by atoms with Crippen LogP contribution in [0.4, 0.5) is 0 Å². The predicted molar refractivity (Wildman–Crippen MR) is 46.7 cm³/mol. The highest BCUT2D eigenvalue weighted by atomic mass is 32.2. The van der Waals surface area contributed by atoms with Gasteiger partial charge in [0.15, 0.2) is 12.7 Å². The highest BCUT2D eigenvalue weighted by molar-refractivity contribution is 7.99. The van der Waals surface area contributed by atoms with E-state index < -0.39 is 0 Å². The summed E-state index contributed by atoms with van der Waals surface area (Å²) in [7, 11) is 0. The highest BCUT2D eigenvalue weighted by Crippen LogP contribution is 2.18. The third-order valence-electron chi connectivity index (χ3n) is 2.04. The molecule has 58 valence electrons. The average Bonchev–Trinajstić information content (AvgIpc) is 2.50. The quantitative estimate of drug-likeness (QED) is 0.574. The van der Waals surface area contributed by atoms with Crippen molar-refractivity contribution in [2.45, 2.75) is 24.9 Å². The lowest BCUT2D eigenvalue weighted by atomic mass is 10.2. The van der Waals surface area contributed by atoms with Crippen LogP contribution in [0.5, 0.6) is 0 Å². The first-order valence-electron chi connectivity index (χ1n) is 4.05. The molecule has 0 spiro atoms. The number of aromatic nitrogens is 1. The van der Waals surface area contributed by atoms with Gasteiger partial charge in [0.1, 0.15) is 0 Å². The van der Waals surface area contributed by atoms with Crippen LogP contribution in [0.25, 0.3) is 0 Å². The first kappa shape index (κ1) is 7.17. The molecule has 1 aromatic rings. The maximum absolute atomic E-state index is 2.35. The largest absolute Gasteiger partial charge is 0.240 e. The molecule has 1 nitrogen and oxygen atoms in total. The molecule has 0 aliphatic carbocycles. The van der Waals surface area contributed by atoms with Gasteiger partial charge in [0, 0.05) is 11.6 Å². The van der Waals surface area contributed by atoms with Crippen molar-refractivity contribution in [3.8, 4) is 0 Å². The molecule has 0 fully saturated rings. The second-order valence-electron chi connectivity index (χ2n) is 2.77. The van der Waals surface area contributed by atoms with E-state index in [-0.39, 0.29) is 0 Å². The van der Waals surface area contributed by atoms with Gasteiger partial charge in [0.2, 0.25) is 5.03 Å². The van der Waals surface area contributed by atoms with Crippen molar-refractivity contribution < 1.29 is 4.57 Å². The van der Waals surface area contributed by atoms with E-state index in [2.05, 4.69) is 29.8 Å². The number of hydrogen-bond acceptors (Lipinski definition) is 1. The summed E-state index contributed by atoms with van der Waals surface area (Å²) in [6.07, 6.45) is 3.42. The smallest absolute Gasteiger partial charge is 0.192 e. The number of aryl methyl sites for hydroxylation is 2. The first-order valence-corrected chi connectivity index (χ1v) is 5.04. The SMILES string of the molecule is CCc1ccc2[n+](c1)CCS2. The number of pyridine rings is 1. The Balaban J connectivity index is 2.41. The average molecular weight is 166 g/mol. The van der Waals surface area contributed by atoms with Crippen molar-refractivity contribution in [2.24, 2.45) is 0 Å². The summed E-state index contributed by atoms with van der Waals surface area (Å²) < 4.78 is 2.35. The van der Waals surface area contributed by atoms with Gasteiger partial charge in [0.05, 0.1) is 5.75 Å². The molecule has 0 N–H and O–H groups in total. The van der Waals surface area contributed by atoms with Crippen molar-refractivity contribution in [3.05, 3.63) is 23.9 Å². The molecule has 0 radical (unpaired) electrons. The lowest BCUT2D eigenvalue weighted by Gasteiger charge is -1.94. The second kappa shape index (κ2) is 2.86. The molecule has 0 atom stereocenters. The maximum Gasteiger partial charge on any atom is 0.240 e. The van der Waals surface area contributed by atoms with E-state index in [0.29, 0.717) is 0 Å². The number of hydrogen-bond donors (Lipinski definition) is 0. The Labute approximate surface area is 71.4 Å². The Morgan fingerprint density at radius 1 is 1.55 bits per heavy atom. The molecule has 1 aliphatic rings. The molecule has 2 heteroatoms. The van der Waals surface area contributed by atoms with E-state index in [1.165, 1.54) is 22.9 Å². The Hall–Kier alpha value is -0.500. The zero-order valence-corrected chi connectivity index (χ0v) is 7.53. The second-order valence-corrected chi connectivity index (χ2v) is 3.89. The minimum absolute atomic E-state index is 1.14. The summed E-state index contributed by atoms with van der Waals surface area (Å²) in [5.74, 6) is 1.24. The van der Waals surface area contributed by atoms with E-state index in [1.54, 1.807) is 0 Å². The molecule has 0 amide bonds. The third-order valence-corrected chi connectivity index (χ3v) is 3.09. The normalized spacial score (nSPS) is 15.0. The molecule has 0 unspecified atom stereocenters. The summed E-state index contributed by atoms with van der Waals surface area (Å²) in [5, 5.41) is 1.42. The highest BCUT2D eigenvalue weighted by Gasteiger charge is 2.18. The molecule has 0 bridgehead atoms. The summed E-state index contributed by atoms with van der Waals surface area (Å²) in [6, 6.07) is 4.46.